The van der Waals surface area contributed by atoms with Crippen LogP contribution in [-0.2, 0) is 32.8 Å². The fraction of sp³-hybridized carbons (Fsp3) is 0.422. The number of amides is 4. The van der Waals surface area contributed by atoms with Crippen molar-refractivity contribution in [3.05, 3.63) is 93.2 Å². The van der Waals surface area contributed by atoms with E-state index in [1.165, 1.54) is 16.2 Å². The highest BCUT2D eigenvalue weighted by atomic mass is 16.2. The van der Waals surface area contributed by atoms with Gasteiger partial charge in [0.1, 0.15) is 6.04 Å². The van der Waals surface area contributed by atoms with Gasteiger partial charge in [0.05, 0.1) is 23.7 Å². The lowest BCUT2D eigenvalue weighted by molar-refractivity contribution is -0.137. The number of ketones is 1. The summed E-state index contributed by atoms with van der Waals surface area (Å²) in [7, 11) is 0. The maximum absolute atomic E-state index is 14.1. The van der Waals surface area contributed by atoms with Crippen molar-refractivity contribution in [2.45, 2.75) is 76.9 Å². The summed E-state index contributed by atoms with van der Waals surface area (Å²) in [4.78, 5) is 76.9. The molecular weight excluding hydrogens is 733 g/mol. The van der Waals surface area contributed by atoms with E-state index >= 15 is 0 Å². The van der Waals surface area contributed by atoms with Crippen molar-refractivity contribution in [2.24, 2.45) is 0 Å². The van der Waals surface area contributed by atoms with E-state index in [-0.39, 0.29) is 43.0 Å². The Labute approximate surface area is 337 Å². The van der Waals surface area contributed by atoms with Gasteiger partial charge in [0.15, 0.2) is 5.78 Å². The summed E-state index contributed by atoms with van der Waals surface area (Å²) in [6.07, 6.45) is 3.34. The van der Waals surface area contributed by atoms with Crippen molar-refractivity contribution in [1.82, 2.24) is 25.0 Å². The molecule has 13 heteroatoms. The molecule has 3 aromatic carbocycles. The fourth-order valence-electron chi connectivity index (χ4n) is 10.00. The van der Waals surface area contributed by atoms with Crippen molar-refractivity contribution in [3.8, 4) is 6.07 Å². The van der Waals surface area contributed by atoms with Crippen LogP contribution in [0.4, 0.5) is 11.4 Å². The number of piperazine rings is 1. The molecule has 4 amide bonds. The van der Waals surface area contributed by atoms with E-state index in [2.05, 4.69) is 64.4 Å². The summed E-state index contributed by atoms with van der Waals surface area (Å²) >= 11 is 0. The van der Waals surface area contributed by atoms with Crippen LogP contribution in [0.15, 0.2) is 48.5 Å². The summed E-state index contributed by atoms with van der Waals surface area (Å²) in [6, 6.07) is 17.2. The molecule has 0 spiro atoms. The van der Waals surface area contributed by atoms with Crippen molar-refractivity contribution >= 4 is 51.7 Å². The van der Waals surface area contributed by atoms with Gasteiger partial charge in [-0.05, 0) is 73.2 Å². The van der Waals surface area contributed by atoms with Crippen LogP contribution < -0.4 is 15.5 Å². The lowest BCUT2D eigenvalue weighted by atomic mass is 9.70. The summed E-state index contributed by atoms with van der Waals surface area (Å²) in [5, 5.41) is 16.0. The minimum absolute atomic E-state index is 0.00539. The first-order valence-electron chi connectivity index (χ1n) is 20.5. The number of piperidine rings is 2. The Morgan fingerprint density at radius 2 is 1.72 bits per heavy atom. The Morgan fingerprint density at radius 3 is 2.45 bits per heavy atom. The zero-order valence-electron chi connectivity index (χ0n) is 33.2. The largest absolute Gasteiger partial charge is 0.376 e. The third kappa shape index (κ3) is 6.21. The van der Waals surface area contributed by atoms with Crippen LogP contribution in [0.2, 0.25) is 0 Å². The molecule has 4 aliphatic heterocycles. The summed E-state index contributed by atoms with van der Waals surface area (Å²) in [6.45, 7) is 11.6. The summed E-state index contributed by atoms with van der Waals surface area (Å²) < 4.78 is 0. The minimum atomic E-state index is -0.690. The van der Waals surface area contributed by atoms with Gasteiger partial charge < -0.3 is 25.0 Å². The zero-order valence-corrected chi connectivity index (χ0v) is 33.2. The van der Waals surface area contributed by atoms with Gasteiger partial charge in [-0.25, -0.2) is 0 Å². The number of aryl methyl sites for hydroxylation is 1. The Morgan fingerprint density at radius 1 is 0.948 bits per heavy atom. The van der Waals surface area contributed by atoms with E-state index in [1.54, 1.807) is 18.2 Å². The van der Waals surface area contributed by atoms with Crippen molar-refractivity contribution < 1.29 is 24.0 Å². The van der Waals surface area contributed by atoms with Gasteiger partial charge in [-0.3, -0.25) is 34.2 Å². The van der Waals surface area contributed by atoms with E-state index in [1.807, 2.05) is 23.1 Å². The molecule has 3 fully saturated rings. The van der Waals surface area contributed by atoms with Crippen LogP contribution in [-0.4, -0.2) is 107 Å². The van der Waals surface area contributed by atoms with Crippen LogP contribution in [0.1, 0.15) is 101 Å². The highest BCUT2D eigenvalue weighted by Crippen LogP contribution is 2.46. The van der Waals surface area contributed by atoms with Crippen molar-refractivity contribution in [1.29, 1.82) is 5.26 Å². The predicted molar refractivity (Wildman–Crippen MR) is 219 cm³/mol. The monoisotopic (exact) mass is 780 g/mol. The minimum Gasteiger partial charge on any atom is -0.376 e. The van der Waals surface area contributed by atoms with Crippen LogP contribution in [0, 0.1) is 11.3 Å². The van der Waals surface area contributed by atoms with Gasteiger partial charge in [-0.15, -0.1) is 0 Å². The number of rotatable bonds is 7. The van der Waals surface area contributed by atoms with Crippen LogP contribution in [0.25, 0.3) is 10.9 Å². The van der Waals surface area contributed by atoms with Gasteiger partial charge in [0.25, 0.3) is 5.91 Å². The maximum Gasteiger partial charge on any atom is 0.255 e. The molecule has 1 unspecified atom stereocenters. The number of nitrogens with zero attached hydrogens (tertiary/aromatic N) is 5. The molecule has 9 rings (SSSR count). The average Bonchev–Trinajstić information content (AvgIpc) is 3.80. The zero-order chi connectivity index (χ0) is 40.5. The number of hydrogen-bond acceptors (Lipinski definition) is 9. The Hall–Kier alpha value is -6.00. The number of fused-ring (bicyclic) bond motifs is 5. The molecule has 4 aromatic rings. The molecule has 58 heavy (non-hydrogen) atoms. The molecule has 0 radical (unpaired) electrons. The molecule has 1 aromatic heterocycles. The average molecular weight is 781 g/mol. The predicted octanol–water partition coefficient (Wildman–Crippen LogP) is 4.46. The van der Waals surface area contributed by atoms with Gasteiger partial charge in [0, 0.05) is 108 Å². The van der Waals surface area contributed by atoms with Crippen LogP contribution in [0.5, 0.6) is 0 Å². The number of nitrogens with one attached hydrogen (secondary N) is 3. The molecule has 1 aliphatic carbocycles. The number of carbonyl (C=O) groups is 5. The van der Waals surface area contributed by atoms with Gasteiger partial charge in [0.2, 0.25) is 17.7 Å². The highest BCUT2D eigenvalue weighted by molar-refractivity contribution is 6.20. The number of imide groups is 1. The standard InChI is InChI=1S/C45H48N8O5/c1-4-27-21-31-33(45(2,3)42-40(41(31)56)30-9-8-26(23-46)20-35(30)48-42)22-37(27)51-14-12-28(13-15-51)50-16-18-52(19-17-50)39(55)24-47-34-7-5-6-29-32(34)25-53(44(29)58)36-10-11-38(54)49-43(36)57/h5-9,20-22,28,36,47-48H,4,10-19,24-25H2,1-3H3,(H,49,54,57). The molecule has 5 aliphatic rings. The smallest absolute Gasteiger partial charge is 0.255 e. The first-order valence-corrected chi connectivity index (χ1v) is 20.5. The third-order valence-corrected chi connectivity index (χ3v) is 13.3. The number of H-pyrrole nitrogens is 1. The van der Waals surface area contributed by atoms with Crippen LogP contribution in [0.3, 0.4) is 0 Å². The second-order valence-corrected chi connectivity index (χ2v) is 16.8. The number of nitriles is 1. The summed E-state index contributed by atoms with van der Waals surface area (Å²) in [5.41, 5.74) is 8.70. The molecule has 0 saturated carbocycles. The number of aromatic amines is 1. The number of aromatic nitrogens is 1. The number of anilines is 2. The van der Waals surface area contributed by atoms with Crippen molar-refractivity contribution in [2.75, 3.05) is 56.0 Å². The second kappa shape index (κ2) is 14.4. The molecule has 5 heterocycles. The molecular formula is C45H48N8O5. The maximum atomic E-state index is 14.1. The number of benzene rings is 3. The Kier molecular flexibility index (Phi) is 9.35. The Balaban J connectivity index is 0.810. The molecule has 1 atom stereocenters. The van der Waals surface area contributed by atoms with Gasteiger partial charge >= 0.3 is 0 Å². The lowest BCUT2D eigenvalue weighted by Gasteiger charge is -2.44. The van der Waals surface area contributed by atoms with E-state index in [9.17, 15) is 29.2 Å². The van der Waals surface area contributed by atoms with E-state index < -0.39 is 17.4 Å². The molecule has 3 saturated heterocycles. The number of carbonyl (C=O) groups excluding carboxylic acids is 5. The van der Waals surface area contributed by atoms with E-state index in [4.69, 9.17) is 0 Å². The van der Waals surface area contributed by atoms with Crippen molar-refractivity contribution in [3.63, 3.8) is 0 Å². The molecule has 0 bridgehead atoms. The normalized spacial score (nSPS) is 20.8. The first kappa shape index (κ1) is 37.6. The highest BCUT2D eigenvalue weighted by Gasteiger charge is 2.42. The molecule has 3 N–H and O–H groups in total. The van der Waals surface area contributed by atoms with Gasteiger partial charge in [-0.1, -0.05) is 32.9 Å². The first-order chi connectivity index (χ1) is 28.0. The molecule has 298 valence electrons. The Bertz CT molecular complexity index is 2450. The van der Waals surface area contributed by atoms with E-state index in [0.717, 1.165) is 78.7 Å². The fourth-order valence-corrected chi connectivity index (χ4v) is 10.00. The second-order valence-electron chi connectivity index (χ2n) is 16.8. The third-order valence-electron chi connectivity index (χ3n) is 13.3. The quantitative estimate of drug-likeness (QED) is 0.230. The number of hydrogen-bond donors (Lipinski definition) is 3. The SMILES string of the molecule is CCc1cc2c(cc1N1CCC(N3CCN(C(=O)CNc4cccc5c4CN(C4CCC(=O)NC4=O)C5=O)CC3)CC1)C(C)(C)c1[nH]c3cc(C#N)ccc3c1C2=O. The van der Waals surface area contributed by atoms with E-state index in [0.29, 0.717) is 47.9 Å². The van der Waals surface area contributed by atoms with Crippen LogP contribution >= 0.6 is 0 Å². The molecule has 13 nitrogen and oxygen atoms in total. The van der Waals surface area contributed by atoms with Gasteiger partial charge in [-0.2, -0.15) is 5.26 Å². The topological polar surface area (TPSA) is 162 Å². The summed E-state index contributed by atoms with van der Waals surface area (Å²) in [5.74, 6) is -0.966. The lowest BCUT2D eigenvalue weighted by Crippen LogP contribution is -2.55.